The highest BCUT2D eigenvalue weighted by Crippen LogP contribution is 2.46. The van der Waals surface area contributed by atoms with Crippen LogP contribution < -0.4 is 10.6 Å². The van der Waals surface area contributed by atoms with Crippen molar-refractivity contribution in [1.29, 1.82) is 0 Å². The van der Waals surface area contributed by atoms with Crippen molar-refractivity contribution in [2.24, 2.45) is 5.92 Å². The Labute approximate surface area is 260 Å². The molecule has 240 valence electrons. The van der Waals surface area contributed by atoms with Crippen LogP contribution in [0.15, 0.2) is 42.5 Å². The van der Waals surface area contributed by atoms with E-state index in [1.807, 2.05) is 6.92 Å². The maximum absolute atomic E-state index is 13.9. The molecule has 5 rings (SSSR count). The van der Waals surface area contributed by atoms with Gasteiger partial charge in [-0.1, -0.05) is 18.2 Å². The van der Waals surface area contributed by atoms with Crippen molar-refractivity contribution in [3.05, 3.63) is 65.0 Å². The smallest absolute Gasteiger partial charge is 0.418 e. The monoisotopic (exact) mass is 623 g/mol. The number of nitrogens with zero attached hydrogens (tertiary/aromatic N) is 3. The van der Waals surface area contributed by atoms with Gasteiger partial charge in [-0.15, -0.1) is 0 Å². The number of benzene rings is 2. The molecule has 2 N–H and O–H groups in total. The third-order valence-electron chi connectivity index (χ3n) is 8.46. The number of likely N-dealkylation sites (tertiary alicyclic amines) is 1. The molecule has 0 aromatic heterocycles. The molecule has 13 heteroatoms. The van der Waals surface area contributed by atoms with Gasteiger partial charge in [0, 0.05) is 56.3 Å². The average Bonchev–Trinajstić information content (AvgIpc) is 3.42. The summed E-state index contributed by atoms with van der Waals surface area (Å²) in [5.41, 5.74) is 0.277. The minimum absolute atomic E-state index is 0.0891. The van der Waals surface area contributed by atoms with Gasteiger partial charge in [0.2, 0.25) is 11.5 Å². The maximum Gasteiger partial charge on any atom is 0.418 e. The second-order valence-electron chi connectivity index (χ2n) is 12.7. The quantitative estimate of drug-likeness (QED) is 0.476. The van der Waals surface area contributed by atoms with Crippen LogP contribution in [0.1, 0.15) is 50.8 Å². The lowest BCUT2D eigenvalue weighted by atomic mass is 9.91. The topological polar surface area (TPSA) is 138 Å². The Morgan fingerprint density at radius 1 is 1.13 bits per heavy atom. The maximum atomic E-state index is 13.9. The van der Waals surface area contributed by atoms with Crippen molar-refractivity contribution in [3.8, 4) is 0 Å². The van der Waals surface area contributed by atoms with Gasteiger partial charge in [0.1, 0.15) is 18.0 Å². The number of aryl methyl sites for hydroxylation is 1. The zero-order chi connectivity index (χ0) is 32.7. The van der Waals surface area contributed by atoms with Crippen molar-refractivity contribution < 1.29 is 37.8 Å². The minimum atomic E-state index is -1.55. The standard InChI is InChI=1S/C32H38FN5O7/c1-19(22-16-36(17-22)29(42)44-31(2,3)4)37(15-20-6-8-23(33)9-7-20)26(39)18-38-27(40)32(45-30(38)43)13-12-21-14-24(10-11-25(21)32)35-28(41)34-5/h6-11,14,19,22H,12-13,15-18H2,1-5H3,(H2,34,35,41)/t19?,32-/m1/s1. The van der Waals surface area contributed by atoms with Gasteiger partial charge < -0.3 is 29.9 Å². The number of rotatable bonds is 7. The van der Waals surface area contributed by atoms with Gasteiger partial charge in [0.25, 0.3) is 5.91 Å². The molecule has 1 aliphatic carbocycles. The normalized spacial score (nSPS) is 20.0. The van der Waals surface area contributed by atoms with Gasteiger partial charge >= 0.3 is 18.2 Å². The molecule has 2 heterocycles. The molecule has 0 bridgehead atoms. The fraction of sp³-hybridized carbons (Fsp3) is 0.469. The third kappa shape index (κ3) is 6.43. The number of imide groups is 1. The third-order valence-corrected chi connectivity index (χ3v) is 8.46. The van der Waals surface area contributed by atoms with Gasteiger partial charge in [-0.2, -0.15) is 0 Å². The number of nitrogens with one attached hydrogen (secondary N) is 2. The Morgan fingerprint density at radius 2 is 1.82 bits per heavy atom. The lowest BCUT2D eigenvalue weighted by Crippen LogP contribution is -2.59. The summed E-state index contributed by atoms with van der Waals surface area (Å²) < 4.78 is 24.8. The summed E-state index contributed by atoms with van der Waals surface area (Å²) in [5, 5.41) is 5.16. The zero-order valence-corrected chi connectivity index (χ0v) is 26.0. The second-order valence-corrected chi connectivity index (χ2v) is 12.7. The molecule has 2 aromatic rings. The van der Waals surface area contributed by atoms with Crippen molar-refractivity contribution >= 4 is 35.7 Å². The van der Waals surface area contributed by atoms with Gasteiger partial charge in [0.15, 0.2) is 0 Å². The number of carbonyl (C=O) groups is 5. The number of carbonyl (C=O) groups excluding carboxylic acids is 5. The van der Waals surface area contributed by atoms with E-state index in [2.05, 4.69) is 10.6 Å². The van der Waals surface area contributed by atoms with Crippen LogP contribution >= 0.6 is 0 Å². The molecule has 2 aromatic carbocycles. The van der Waals surface area contributed by atoms with Crippen molar-refractivity contribution in [3.63, 3.8) is 0 Å². The van der Waals surface area contributed by atoms with Crippen LogP contribution in [0.5, 0.6) is 0 Å². The van der Waals surface area contributed by atoms with Crippen molar-refractivity contribution in [2.45, 2.75) is 64.3 Å². The second kappa shape index (κ2) is 12.0. The Kier molecular flexibility index (Phi) is 8.47. The van der Waals surface area contributed by atoms with E-state index in [9.17, 15) is 28.4 Å². The predicted molar refractivity (Wildman–Crippen MR) is 160 cm³/mol. The van der Waals surface area contributed by atoms with Gasteiger partial charge in [-0.3, -0.25) is 9.59 Å². The number of anilines is 1. The van der Waals surface area contributed by atoms with E-state index in [1.54, 1.807) is 60.9 Å². The predicted octanol–water partition coefficient (Wildman–Crippen LogP) is 3.98. The highest BCUT2D eigenvalue weighted by molar-refractivity contribution is 6.06. The van der Waals surface area contributed by atoms with E-state index < -0.39 is 53.6 Å². The van der Waals surface area contributed by atoms with Crippen molar-refractivity contribution in [1.82, 2.24) is 20.0 Å². The van der Waals surface area contributed by atoms with Gasteiger partial charge in [0.05, 0.1) is 0 Å². The Hall–Kier alpha value is -4.68. The van der Waals surface area contributed by atoms with Gasteiger partial charge in [-0.05, 0) is 69.5 Å². The molecule has 2 saturated heterocycles. The first-order chi connectivity index (χ1) is 21.2. The van der Waals surface area contributed by atoms with E-state index in [-0.39, 0.29) is 24.9 Å². The number of urea groups is 1. The highest BCUT2D eigenvalue weighted by Gasteiger charge is 2.58. The summed E-state index contributed by atoms with van der Waals surface area (Å²) in [6.45, 7) is 7.50. The molecule has 1 unspecified atom stereocenters. The molecule has 2 aliphatic heterocycles. The fourth-order valence-electron chi connectivity index (χ4n) is 5.94. The van der Waals surface area contributed by atoms with Crippen LogP contribution in [-0.4, -0.2) is 83.1 Å². The summed E-state index contributed by atoms with van der Waals surface area (Å²) in [6, 6.07) is 9.98. The molecule has 3 aliphatic rings. The van der Waals surface area contributed by atoms with E-state index >= 15 is 0 Å². The molecule has 45 heavy (non-hydrogen) atoms. The molecule has 2 atom stereocenters. The molecule has 0 saturated carbocycles. The Balaban J connectivity index is 1.32. The summed E-state index contributed by atoms with van der Waals surface area (Å²) in [6.07, 6.45) is -0.711. The summed E-state index contributed by atoms with van der Waals surface area (Å²) in [4.78, 5) is 69.0. The molecular weight excluding hydrogens is 585 g/mol. The van der Waals surface area contributed by atoms with Crippen LogP contribution in [0.4, 0.5) is 24.5 Å². The van der Waals surface area contributed by atoms with Crippen molar-refractivity contribution in [2.75, 3.05) is 32.0 Å². The number of hydrogen-bond acceptors (Lipinski definition) is 7. The number of hydrogen-bond donors (Lipinski definition) is 2. The number of halogens is 1. The molecule has 2 fully saturated rings. The molecule has 1 spiro atoms. The minimum Gasteiger partial charge on any atom is -0.444 e. The largest absolute Gasteiger partial charge is 0.444 e. The van der Waals surface area contributed by atoms with Crippen LogP contribution in [0.3, 0.4) is 0 Å². The summed E-state index contributed by atoms with van der Waals surface area (Å²) in [5.74, 6) is -1.62. The zero-order valence-electron chi connectivity index (χ0n) is 26.0. The SMILES string of the molecule is CNC(=O)Nc1ccc2c(c1)CC[C@@]21OC(=O)N(CC(=O)N(Cc2ccc(F)cc2)C(C)C2CN(C(=O)OC(C)(C)C)C2)C1=O. The van der Waals surface area contributed by atoms with Crippen LogP contribution in [-0.2, 0) is 37.6 Å². The van der Waals surface area contributed by atoms with E-state index in [1.165, 1.54) is 19.2 Å². The summed E-state index contributed by atoms with van der Waals surface area (Å²) in [7, 11) is 1.50. The lowest BCUT2D eigenvalue weighted by Gasteiger charge is -2.46. The van der Waals surface area contributed by atoms with E-state index in [0.29, 0.717) is 36.3 Å². The first kappa shape index (κ1) is 31.7. The van der Waals surface area contributed by atoms with Crippen LogP contribution in [0.25, 0.3) is 0 Å². The summed E-state index contributed by atoms with van der Waals surface area (Å²) >= 11 is 0. The number of ether oxygens (including phenoxy) is 2. The fourth-order valence-corrected chi connectivity index (χ4v) is 5.94. The van der Waals surface area contributed by atoms with Crippen LogP contribution in [0.2, 0.25) is 0 Å². The molecular formula is C32H38FN5O7. The first-order valence-electron chi connectivity index (χ1n) is 14.9. The first-order valence-corrected chi connectivity index (χ1v) is 14.9. The Morgan fingerprint density at radius 3 is 2.47 bits per heavy atom. The number of amides is 6. The van der Waals surface area contributed by atoms with E-state index in [0.717, 1.165) is 10.5 Å². The van der Waals surface area contributed by atoms with Crippen LogP contribution in [0, 0.1) is 11.7 Å². The molecule has 6 amide bonds. The highest BCUT2D eigenvalue weighted by atomic mass is 19.1. The molecule has 12 nitrogen and oxygen atoms in total. The molecule has 0 radical (unpaired) electrons. The lowest BCUT2D eigenvalue weighted by molar-refractivity contribution is -0.144. The Bertz CT molecular complexity index is 1520. The van der Waals surface area contributed by atoms with Gasteiger partial charge in [-0.25, -0.2) is 23.7 Å². The number of fused-ring (bicyclic) bond motifs is 2. The average molecular weight is 624 g/mol. The van der Waals surface area contributed by atoms with E-state index in [4.69, 9.17) is 9.47 Å².